The number of thiophene rings is 1. The summed E-state index contributed by atoms with van der Waals surface area (Å²) >= 11 is 1.43. The van der Waals surface area contributed by atoms with Gasteiger partial charge in [0.05, 0.1) is 11.4 Å². The largest absolute Gasteiger partial charge is 0.357 e. The van der Waals surface area contributed by atoms with E-state index in [-0.39, 0.29) is 5.91 Å². The number of hydrogen-bond acceptors (Lipinski definition) is 5. The van der Waals surface area contributed by atoms with Gasteiger partial charge in [0.25, 0.3) is 5.91 Å². The average Bonchev–Trinajstić information content (AvgIpc) is 3.16. The van der Waals surface area contributed by atoms with Crippen molar-refractivity contribution < 1.29 is 4.79 Å². The molecule has 0 saturated carbocycles. The van der Waals surface area contributed by atoms with Gasteiger partial charge in [-0.2, -0.15) is 0 Å². The van der Waals surface area contributed by atoms with Crippen LogP contribution in [-0.4, -0.2) is 29.0 Å². The molecule has 6 heteroatoms. The van der Waals surface area contributed by atoms with Crippen LogP contribution < -0.4 is 10.2 Å². The third kappa shape index (κ3) is 3.39. The number of nitrogens with zero attached hydrogens (tertiary/aromatic N) is 3. The predicted molar refractivity (Wildman–Crippen MR) is 83.7 cm³/mol. The molecule has 0 spiro atoms. The summed E-state index contributed by atoms with van der Waals surface area (Å²) in [5, 5.41) is 4.77. The number of carbonyl (C=O) groups excluding carboxylic acids is 1. The van der Waals surface area contributed by atoms with Crippen LogP contribution in [0.3, 0.4) is 0 Å². The smallest absolute Gasteiger partial charge is 0.261 e. The second kappa shape index (κ2) is 6.22. The van der Waals surface area contributed by atoms with E-state index in [0.29, 0.717) is 17.2 Å². The van der Waals surface area contributed by atoms with E-state index in [0.717, 1.165) is 24.6 Å². The summed E-state index contributed by atoms with van der Waals surface area (Å²) in [4.78, 5) is 23.9. The Morgan fingerprint density at radius 3 is 2.90 bits per heavy atom. The summed E-state index contributed by atoms with van der Waals surface area (Å²) in [6, 6.07) is 5.69. The lowest BCUT2D eigenvalue weighted by molar-refractivity contribution is 0.0954. The molecule has 0 atom stereocenters. The van der Waals surface area contributed by atoms with E-state index in [4.69, 9.17) is 0 Å². The molecule has 0 radical (unpaired) electrons. The molecular formula is C15H18N4OS. The monoisotopic (exact) mass is 302 g/mol. The highest BCUT2D eigenvalue weighted by Gasteiger charge is 2.15. The Hall–Kier alpha value is -1.95. The molecule has 0 aliphatic carbocycles. The van der Waals surface area contributed by atoms with Crippen LogP contribution in [0, 0.1) is 6.92 Å². The van der Waals surface area contributed by atoms with Crippen molar-refractivity contribution in [2.45, 2.75) is 26.3 Å². The van der Waals surface area contributed by atoms with Crippen LogP contribution in [0.2, 0.25) is 0 Å². The minimum absolute atomic E-state index is 0.0715. The van der Waals surface area contributed by atoms with Crippen LogP contribution in [0.4, 0.5) is 5.82 Å². The van der Waals surface area contributed by atoms with Crippen LogP contribution in [0.1, 0.15) is 34.0 Å². The third-order valence-electron chi connectivity index (χ3n) is 3.47. The highest BCUT2D eigenvalue weighted by atomic mass is 32.1. The molecule has 3 heterocycles. The van der Waals surface area contributed by atoms with Crippen LogP contribution in [0.15, 0.2) is 23.6 Å². The maximum atomic E-state index is 11.9. The quantitative estimate of drug-likeness (QED) is 0.942. The van der Waals surface area contributed by atoms with Gasteiger partial charge < -0.3 is 10.2 Å². The van der Waals surface area contributed by atoms with Gasteiger partial charge in [-0.1, -0.05) is 6.07 Å². The molecule has 1 N–H and O–H groups in total. The van der Waals surface area contributed by atoms with Crippen molar-refractivity contribution in [3.63, 3.8) is 0 Å². The normalized spacial score (nSPS) is 14.4. The Bertz CT molecular complexity index is 621. The van der Waals surface area contributed by atoms with E-state index < -0.39 is 0 Å². The fourth-order valence-electron chi connectivity index (χ4n) is 2.45. The molecule has 21 heavy (non-hydrogen) atoms. The van der Waals surface area contributed by atoms with Gasteiger partial charge in [0.1, 0.15) is 11.6 Å². The van der Waals surface area contributed by atoms with Gasteiger partial charge in [-0.15, -0.1) is 11.3 Å². The van der Waals surface area contributed by atoms with Crippen molar-refractivity contribution in [3.05, 3.63) is 40.0 Å². The van der Waals surface area contributed by atoms with E-state index in [1.54, 1.807) is 0 Å². The summed E-state index contributed by atoms with van der Waals surface area (Å²) in [6.07, 6.45) is 2.43. The van der Waals surface area contributed by atoms with Gasteiger partial charge in [0.15, 0.2) is 0 Å². The standard InChI is InChI=1S/C15H18N4OS/c1-11-9-14(19-6-2-3-7-19)18-13(17-11)10-16-15(20)12-5-4-8-21-12/h4-5,8-9H,2-3,6-7,10H2,1H3,(H,16,20). The number of carbonyl (C=O) groups is 1. The van der Waals surface area contributed by atoms with Crippen LogP contribution in [0.5, 0.6) is 0 Å². The van der Waals surface area contributed by atoms with Crippen molar-refractivity contribution in [1.82, 2.24) is 15.3 Å². The van der Waals surface area contributed by atoms with Crippen molar-refractivity contribution in [2.75, 3.05) is 18.0 Å². The Labute approximate surface area is 128 Å². The highest BCUT2D eigenvalue weighted by Crippen LogP contribution is 2.18. The SMILES string of the molecule is Cc1cc(N2CCCC2)nc(CNC(=O)c2cccs2)n1. The molecule has 1 saturated heterocycles. The fourth-order valence-corrected chi connectivity index (χ4v) is 3.09. The molecule has 5 nitrogen and oxygen atoms in total. The summed E-state index contributed by atoms with van der Waals surface area (Å²) < 4.78 is 0. The number of amides is 1. The number of anilines is 1. The van der Waals surface area contributed by atoms with E-state index >= 15 is 0 Å². The number of hydrogen-bond donors (Lipinski definition) is 1. The first-order chi connectivity index (χ1) is 10.2. The van der Waals surface area contributed by atoms with Gasteiger partial charge >= 0.3 is 0 Å². The zero-order chi connectivity index (χ0) is 14.7. The number of rotatable bonds is 4. The summed E-state index contributed by atoms with van der Waals surface area (Å²) in [5.74, 6) is 1.57. The molecule has 0 aromatic carbocycles. The first-order valence-corrected chi connectivity index (χ1v) is 8.01. The summed E-state index contributed by atoms with van der Waals surface area (Å²) in [6.45, 7) is 4.43. The van der Waals surface area contributed by atoms with Crippen LogP contribution in [0.25, 0.3) is 0 Å². The minimum Gasteiger partial charge on any atom is -0.357 e. The first kappa shape index (κ1) is 14.0. The number of nitrogens with one attached hydrogen (secondary N) is 1. The molecule has 0 bridgehead atoms. The summed E-state index contributed by atoms with van der Waals surface area (Å²) in [5.41, 5.74) is 0.937. The third-order valence-corrected chi connectivity index (χ3v) is 4.34. The first-order valence-electron chi connectivity index (χ1n) is 7.13. The molecule has 2 aromatic heterocycles. The lowest BCUT2D eigenvalue weighted by Crippen LogP contribution is -2.25. The molecule has 1 aliphatic heterocycles. The fraction of sp³-hybridized carbons (Fsp3) is 0.400. The molecule has 1 amide bonds. The van der Waals surface area contributed by atoms with E-state index in [9.17, 15) is 4.79 Å². The topological polar surface area (TPSA) is 58.1 Å². The predicted octanol–water partition coefficient (Wildman–Crippen LogP) is 2.38. The van der Waals surface area contributed by atoms with Crippen molar-refractivity contribution >= 4 is 23.1 Å². The van der Waals surface area contributed by atoms with Gasteiger partial charge in [-0.25, -0.2) is 9.97 Å². The molecular weight excluding hydrogens is 284 g/mol. The average molecular weight is 302 g/mol. The Kier molecular flexibility index (Phi) is 4.15. The molecule has 2 aromatic rings. The van der Waals surface area contributed by atoms with E-state index in [1.807, 2.05) is 30.5 Å². The molecule has 1 aliphatic rings. The number of aromatic nitrogens is 2. The van der Waals surface area contributed by atoms with E-state index in [2.05, 4.69) is 20.2 Å². The van der Waals surface area contributed by atoms with Crippen molar-refractivity contribution in [3.8, 4) is 0 Å². The second-order valence-corrected chi connectivity index (χ2v) is 6.09. The van der Waals surface area contributed by atoms with Crippen molar-refractivity contribution in [2.24, 2.45) is 0 Å². The zero-order valence-electron chi connectivity index (χ0n) is 12.0. The van der Waals surface area contributed by atoms with Gasteiger partial charge in [-0.05, 0) is 31.2 Å². The summed E-state index contributed by atoms with van der Waals surface area (Å²) in [7, 11) is 0. The van der Waals surface area contributed by atoms with E-state index in [1.165, 1.54) is 24.2 Å². The maximum absolute atomic E-state index is 11.9. The highest BCUT2D eigenvalue weighted by molar-refractivity contribution is 7.12. The lowest BCUT2D eigenvalue weighted by Gasteiger charge is -2.17. The Morgan fingerprint density at radius 1 is 1.38 bits per heavy atom. The molecule has 110 valence electrons. The number of aryl methyl sites for hydroxylation is 1. The second-order valence-electron chi connectivity index (χ2n) is 5.14. The lowest BCUT2D eigenvalue weighted by atomic mass is 10.3. The Morgan fingerprint density at radius 2 is 2.19 bits per heavy atom. The molecule has 1 fully saturated rings. The van der Waals surface area contributed by atoms with Crippen molar-refractivity contribution in [1.29, 1.82) is 0 Å². The van der Waals surface area contributed by atoms with Gasteiger partial charge in [0, 0.05) is 24.8 Å². The van der Waals surface area contributed by atoms with Gasteiger partial charge in [-0.3, -0.25) is 4.79 Å². The maximum Gasteiger partial charge on any atom is 0.261 e. The molecule has 0 unspecified atom stereocenters. The van der Waals surface area contributed by atoms with Crippen LogP contribution >= 0.6 is 11.3 Å². The molecule has 3 rings (SSSR count). The Balaban J connectivity index is 1.69. The van der Waals surface area contributed by atoms with Gasteiger partial charge in [0.2, 0.25) is 0 Å². The zero-order valence-corrected chi connectivity index (χ0v) is 12.8. The minimum atomic E-state index is -0.0715. The van der Waals surface area contributed by atoms with Crippen LogP contribution in [-0.2, 0) is 6.54 Å².